The molecule has 0 unspecified atom stereocenters. The van der Waals surface area contributed by atoms with Crippen molar-refractivity contribution in [1.82, 2.24) is 9.88 Å². The van der Waals surface area contributed by atoms with Crippen LogP contribution in [0.4, 0.5) is 0 Å². The molecule has 0 bridgehead atoms. The SMILES string of the molecule is COc1ccc2c(cc(C(=O)N[C@H](CO)c3ccc(C(C)(C)C(=O)O)cc3)n2C)c1Cl. The molecule has 0 fully saturated rings. The number of methoxy groups -OCH3 is 1. The molecule has 0 saturated heterocycles. The van der Waals surface area contributed by atoms with E-state index in [9.17, 15) is 19.8 Å². The quantitative estimate of drug-likeness (QED) is 0.516. The summed E-state index contributed by atoms with van der Waals surface area (Å²) in [6.07, 6.45) is 0. The number of aromatic nitrogens is 1. The van der Waals surface area contributed by atoms with Crippen LogP contribution in [0.5, 0.6) is 5.75 Å². The number of hydrogen-bond acceptors (Lipinski definition) is 4. The average Bonchev–Trinajstić information content (AvgIpc) is 3.09. The molecule has 3 N–H and O–H groups in total. The molecule has 31 heavy (non-hydrogen) atoms. The van der Waals surface area contributed by atoms with Crippen LogP contribution in [-0.2, 0) is 17.3 Å². The van der Waals surface area contributed by atoms with Crippen molar-refractivity contribution in [3.63, 3.8) is 0 Å². The Hall–Kier alpha value is -3.03. The number of rotatable bonds is 7. The molecular weight excluding hydrogens is 420 g/mol. The molecule has 1 heterocycles. The third-order valence-corrected chi connectivity index (χ3v) is 6.02. The summed E-state index contributed by atoms with van der Waals surface area (Å²) in [5.74, 6) is -0.787. The van der Waals surface area contributed by atoms with Crippen molar-refractivity contribution in [3.05, 3.63) is 64.3 Å². The van der Waals surface area contributed by atoms with E-state index in [2.05, 4.69) is 5.32 Å². The number of benzene rings is 2. The molecule has 1 atom stereocenters. The van der Waals surface area contributed by atoms with E-state index >= 15 is 0 Å². The molecule has 0 saturated carbocycles. The van der Waals surface area contributed by atoms with Gasteiger partial charge >= 0.3 is 5.97 Å². The van der Waals surface area contributed by atoms with E-state index in [0.717, 1.165) is 5.52 Å². The fourth-order valence-corrected chi connectivity index (χ4v) is 3.74. The number of carboxylic acid groups (broad SMARTS) is 1. The van der Waals surface area contributed by atoms with Crippen molar-refractivity contribution in [2.45, 2.75) is 25.3 Å². The summed E-state index contributed by atoms with van der Waals surface area (Å²) >= 11 is 6.38. The van der Waals surface area contributed by atoms with E-state index in [1.165, 1.54) is 7.11 Å². The minimum Gasteiger partial charge on any atom is -0.495 e. The molecule has 0 aliphatic rings. The number of nitrogens with one attached hydrogen (secondary N) is 1. The van der Waals surface area contributed by atoms with Crippen LogP contribution in [-0.4, -0.2) is 40.4 Å². The molecule has 0 spiro atoms. The smallest absolute Gasteiger partial charge is 0.313 e. The van der Waals surface area contributed by atoms with Crippen LogP contribution in [0.25, 0.3) is 10.9 Å². The lowest BCUT2D eigenvalue weighted by molar-refractivity contribution is -0.142. The first kappa shape index (κ1) is 22.7. The third-order valence-electron chi connectivity index (χ3n) is 5.63. The second kappa shape index (κ2) is 8.61. The van der Waals surface area contributed by atoms with Crippen molar-refractivity contribution >= 4 is 34.4 Å². The van der Waals surface area contributed by atoms with Crippen molar-refractivity contribution in [3.8, 4) is 5.75 Å². The summed E-state index contributed by atoms with van der Waals surface area (Å²) in [6, 6.07) is 11.4. The molecule has 0 aliphatic carbocycles. The maximum absolute atomic E-state index is 13.0. The Morgan fingerprint density at radius 3 is 2.39 bits per heavy atom. The molecule has 164 valence electrons. The minimum absolute atomic E-state index is 0.314. The number of ether oxygens (including phenoxy) is 1. The molecule has 3 rings (SSSR count). The second-order valence-corrected chi connectivity index (χ2v) is 8.24. The first-order chi connectivity index (χ1) is 14.6. The van der Waals surface area contributed by atoms with Gasteiger partial charge in [0.05, 0.1) is 35.7 Å². The van der Waals surface area contributed by atoms with E-state index in [1.54, 1.807) is 61.9 Å². The highest BCUT2D eigenvalue weighted by atomic mass is 35.5. The number of aliphatic carboxylic acids is 1. The number of aliphatic hydroxyl groups is 1. The molecule has 1 aromatic heterocycles. The van der Waals surface area contributed by atoms with Crippen LogP contribution in [0, 0.1) is 0 Å². The minimum atomic E-state index is -1.04. The summed E-state index contributed by atoms with van der Waals surface area (Å²) in [5.41, 5.74) is 1.41. The number of aliphatic hydroxyl groups excluding tert-OH is 1. The fourth-order valence-electron chi connectivity index (χ4n) is 3.45. The number of nitrogens with zero attached hydrogens (tertiary/aromatic N) is 1. The maximum atomic E-state index is 13.0. The van der Waals surface area contributed by atoms with Crippen LogP contribution in [0.2, 0.25) is 5.02 Å². The Bertz CT molecular complexity index is 1140. The summed E-state index contributed by atoms with van der Waals surface area (Å²) in [5, 5.41) is 23.2. The topological polar surface area (TPSA) is 101 Å². The number of aryl methyl sites for hydroxylation is 1. The number of carbonyl (C=O) groups is 2. The molecule has 7 nitrogen and oxygen atoms in total. The van der Waals surface area contributed by atoms with E-state index in [1.807, 2.05) is 6.07 Å². The van der Waals surface area contributed by atoms with Gasteiger partial charge in [0.25, 0.3) is 5.91 Å². The molecular formula is C23H25ClN2O5. The molecule has 0 aliphatic heterocycles. The lowest BCUT2D eigenvalue weighted by Crippen LogP contribution is -2.32. The zero-order valence-electron chi connectivity index (χ0n) is 17.8. The van der Waals surface area contributed by atoms with Crippen LogP contribution >= 0.6 is 11.6 Å². The largest absolute Gasteiger partial charge is 0.495 e. The Kier molecular flexibility index (Phi) is 6.29. The fraction of sp³-hybridized carbons (Fsp3) is 0.304. The third kappa shape index (κ3) is 4.11. The number of carboxylic acids is 1. The van der Waals surface area contributed by atoms with E-state index < -0.39 is 17.4 Å². The number of carbonyl (C=O) groups excluding carboxylic acids is 1. The van der Waals surface area contributed by atoms with Gasteiger partial charge in [-0.05, 0) is 43.2 Å². The van der Waals surface area contributed by atoms with Crippen LogP contribution in [0.1, 0.15) is 41.5 Å². The monoisotopic (exact) mass is 444 g/mol. The van der Waals surface area contributed by atoms with Crippen molar-refractivity contribution in [1.29, 1.82) is 0 Å². The predicted octanol–water partition coefficient (Wildman–Crippen LogP) is 3.67. The van der Waals surface area contributed by atoms with Gasteiger partial charge in [0.2, 0.25) is 0 Å². The van der Waals surface area contributed by atoms with Gasteiger partial charge in [0.1, 0.15) is 11.4 Å². The van der Waals surface area contributed by atoms with Gasteiger partial charge in [0.15, 0.2) is 0 Å². The van der Waals surface area contributed by atoms with E-state index in [-0.39, 0.29) is 12.5 Å². The first-order valence-corrected chi connectivity index (χ1v) is 10.1. The standard InChI is InChI=1S/C23H25ClN2O5/c1-23(2,22(29)30)14-7-5-13(6-8-14)16(12-27)25-21(28)18-11-15-17(26(18)3)9-10-19(31-4)20(15)24/h5-11,16,27H,12H2,1-4H3,(H,25,28)(H,29,30)/t16-/m1/s1. The van der Waals surface area contributed by atoms with Gasteiger partial charge < -0.3 is 24.8 Å². The lowest BCUT2D eigenvalue weighted by atomic mass is 9.84. The summed E-state index contributed by atoms with van der Waals surface area (Å²) < 4.78 is 6.96. The van der Waals surface area contributed by atoms with Gasteiger partial charge in [-0.3, -0.25) is 9.59 Å². The number of hydrogen-bond donors (Lipinski definition) is 3. The second-order valence-electron chi connectivity index (χ2n) is 7.86. The average molecular weight is 445 g/mol. The Morgan fingerprint density at radius 2 is 1.84 bits per heavy atom. The van der Waals surface area contributed by atoms with Gasteiger partial charge in [-0.2, -0.15) is 0 Å². The first-order valence-electron chi connectivity index (χ1n) is 9.69. The van der Waals surface area contributed by atoms with Gasteiger partial charge in [-0.15, -0.1) is 0 Å². The van der Waals surface area contributed by atoms with Gasteiger partial charge in [-0.1, -0.05) is 35.9 Å². The number of amides is 1. The number of fused-ring (bicyclic) bond motifs is 1. The zero-order chi connectivity index (χ0) is 22.9. The molecule has 8 heteroatoms. The highest BCUT2D eigenvalue weighted by Gasteiger charge is 2.29. The molecule has 3 aromatic rings. The summed E-state index contributed by atoms with van der Waals surface area (Å²) in [6.45, 7) is 2.93. The number of halogens is 1. The van der Waals surface area contributed by atoms with Crippen molar-refractivity contribution in [2.24, 2.45) is 7.05 Å². The normalized spacial score (nSPS) is 12.6. The Balaban J connectivity index is 1.87. The van der Waals surface area contributed by atoms with Crippen LogP contribution in [0.15, 0.2) is 42.5 Å². The summed E-state index contributed by atoms with van der Waals surface area (Å²) in [7, 11) is 3.29. The maximum Gasteiger partial charge on any atom is 0.313 e. The van der Waals surface area contributed by atoms with Gasteiger partial charge in [-0.25, -0.2) is 0 Å². The van der Waals surface area contributed by atoms with Gasteiger partial charge in [0, 0.05) is 12.4 Å². The Labute approximate surface area is 185 Å². The molecule has 2 aromatic carbocycles. The van der Waals surface area contributed by atoms with Crippen LogP contribution < -0.4 is 10.1 Å². The zero-order valence-corrected chi connectivity index (χ0v) is 18.5. The van der Waals surface area contributed by atoms with Crippen molar-refractivity contribution in [2.75, 3.05) is 13.7 Å². The lowest BCUT2D eigenvalue weighted by Gasteiger charge is -2.22. The predicted molar refractivity (Wildman–Crippen MR) is 119 cm³/mol. The van der Waals surface area contributed by atoms with E-state index in [0.29, 0.717) is 33.0 Å². The van der Waals surface area contributed by atoms with E-state index in [4.69, 9.17) is 16.3 Å². The van der Waals surface area contributed by atoms with Crippen molar-refractivity contribution < 1.29 is 24.5 Å². The highest BCUT2D eigenvalue weighted by Crippen LogP contribution is 2.34. The summed E-state index contributed by atoms with van der Waals surface area (Å²) in [4.78, 5) is 24.4. The molecule has 1 amide bonds. The Morgan fingerprint density at radius 1 is 1.19 bits per heavy atom. The van der Waals surface area contributed by atoms with Crippen LogP contribution in [0.3, 0.4) is 0 Å². The molecule has 0 radical (unpaired) electrons. The highest BCUT2D eigenvalue weighted by molar-refractivity contribution is 6.37.